The second-order valence-electron chi connectivity index (χ2n) is 6.99. The van der Waals surface area contributed by atoms with Crippen molar-refractivity contribution >= 4 is 56.3 Å². The summed E-state index contributed by atoms with van der Waals surface area (Å²) < 4.78 is 19.7. The van der Waals surface area contributed by atoms with Gasteiger partial charge in [-0.1, -0.05) is 17.7 Å². The second-order valence-corrected chi connectivity index (χ2v) is 8.28. The van der Waals surface area contributed by atoms with Gasteiger partial charge in [0.15, 0.2) is 5.69 Å². The number of benzene rings is 2. The number of nitrogens with one attached hydrogen (secondary N) is 1. The van der Waals surface area contributed by atoms with E-state index in [1.807, 2.05) is 0 Å². The fourth-order valence-corrected chi connectivity index (χ4v) is 4.38. The Morgan fingerprint density at radius 1 is 1.29 bits per heavy atom. The lowest BCUT2D eigenvalue weighted by atomic mass is 10.2. The van der Waals surface area contributed by atoms with Crippen molar-refractivity contribution in [3.63, 3.8) is 0 Å². The number of halogens is 2. The van der Waals surface area contributed by atoms with E-state index < -0.39 is 28.2 Å². The molecule has 0 saturated heterocycles. The summed E-state index contributed by atoms with van der Waals surface area (Å²) in [6.07, 6.45) is 0. The maximum absolute atomic E-state index is 13.8. The molecule has 1 amide bonds. The standard InChI is InChI=1S/C22H14ClFN4O6S/c1-2-34-22(31)18-15-10-35-20(25-19(29)14-9-13(28(32)33)6-7-16(14)23)17(15)21(30)27(26-18)12-5-3-4-11(24)8-12/h3-10H,2H2,1H3,(H,25,29). The molecule has 35 heavy (non-hydrogen) atoms. The SMILES string of the molecule is CCOC(=O)c1nn(-c2cccc(F)c2)c(=O)c2c(NC(=O)c3cc([N+](=O)[O-])ccc3Cl)scc12. The Bertz CT molecular complexity index is 1570. The molecule has 13 heteroatoms. The molecule has 10 nitrogen and oxygen atoms in total. The normalized spacial score (nSPS) is 10.8. The van der Waals surface area contributed by atoms with Gasteiger partial charge in [-0.05, 0) is 31.2 Å². The largest absolute Gasteiger partial charge is 0.461 e. The van der Waals surface area contributed by atoms with Crippen LogP contribution in [0, 0.1) is 15.9 Å². The molecule has 0 fully saturated rings. The first-order valence-corrected chi connectivity index (χ1v) is 11.2. The van der Waals surface area contributed by atoms with Gasteiger partial charge in [0, 0.05) is 22.9 Å². The van der Waals surface area contributed by atoms with Crippen LogP contribution >= 0.6 is 22.9 Å². The maximum Gasteiger partial charge on any atom is 0.359 e. The van der Waals surface area contributed by atoms with E-state index in [-0.39, 0.29) is 50.0 Å². The quantitative estimate of drug-likeness (QED) is 0.225. The molecule has 0 unspecified atom stereocenters. The lowest BCUT2D eigenvalue weighted by molar-refractivity contribution is -0.384. The van der Waals surface area contributed by atoms with Gasteiger partial charge >= 0.3 is 5.97 Å². The monoisotopic (exact) mass is 516 g/mol. The molecule has 0 aliphatic heterocycles. The van der Waals surface area contributed by atoms with E-state index in [9.17, 15) is 28.9 Å². The van der Waals surface area contributed by atoms with Crippen LogP contribution in [0.1, 0.15) is 27.8 Å². The Morgan fingerprint density at radius 2 is 2.06 bits per heavy atom. The number of nitro benzene ring substituents is 1. The molecule has 1 N–H and O–H groups in total. The van der Waals surface area contributed by atoms with Crippen LogP contribution in [-0.2, 0) is 4.74 Å². The van der Waals surface area contributed by atoms with Gasteiger partial charge in [0.1, 0.15) is 10.8 Å². The summed E-state index contributed by atoms with van der Waals surface area (Å²) in [5, 5.41) is 19.2. The molecule has 2 aromatic heterocycles. The molecular weight excluding hydrogens is 503 g/mol. The Kier molecular flexibility index (Phi) is 6.58. The van der Waals surface area contributed by atoms with Gasteiger partial charge in [-0.25, -0.2) is 9.18 Å². The summed E-state index contributed by atoms with van der Waals surface area (Å²) in [5.41, 5.74) is -1.44. The molecule has 4 rings (SSSR count). The Morgan fingerprint density at radius 3 is 2.74 bits per heavy atom. The highest BCUT2D eigenvalue weighted by Gasteiger charge is 2.24. The summed E-state index contributed by atoms with van der Waals surface area (Å²) in [7, 11) is 0. The zero-order valence-corrected chi connectivity index (χ0v) is 19.4. The Hall–Kier alpha value is -4.16. The van der Waals surface area contributed by atoms with Crippen molar-refractivity contribution in [3.8, 4) is 5.69 Å². The third kappa shape index (κ3) is 4.61. The molecule has 2 heterocycles. The highest BCUT2D eigenvalue weighted by Crippen LogP contribution is 2.32. The third-order valence-electron chi connectivity index (χ3n) is 4.81. The second kappa shape index (κ2) is 9.60. The summed E-state index contributed by atoms with van der Waals surface area (Å²) in [5.74, 6) is -2.26. The molecule has 0 saturated carbocycles. The van der Waals surface area contributed by atoms with Gasteiger partial charge in [0.2, 0.25) is 0 Å². The number of rotatable bonds is 6. The van der Waals surface area contributed by atoms with Gasteiger partial charge in [0.25, 0.3) is 17.2 Å². The number of amides is 1. The first-order chi connectivity index (χ1) is 16.7. The highest BCUT2D eigenvalue weighted by molar-refractivity contribution is 7.16. The van der Waals surface area contributed by atoms with Crippen molar-refractivity contribution in [2.45, 2.75) is 6.92 Å². The molecule has 4 aromatic rings. The van der Waals surface area contributed by atoms with Crippen molar-refractivity contribution in [1.29, 1.82) is 0 Å². The van der Waals surface area contributed by atoms with E-state index in [0.29, 0.717) is 0 Å². The van der Waals surface area contributed by atoms with E-state index >= 15 is 0 Å². The fourth-order valence-electron chi connectivity index (χ4n) is 3.25. The zero-order valence-electron chi connectivity index (χ0n) is 17.8. The van der Waals surface area contributed by atoms with Crippen molar-refractivity contribution < 1.29 is 23.6 Å². The average molecular weight is 517 g/mol. The van der Waals surface area contributed by atoms with Gasteiger partial charge in [-0.15, -0.1) is 11.3 Å². The highest BCUT2D eigenvalue weighted by atomic mass is 35.5. The topological polar surface area (TPSA) is 133 Å². The molecule has 0 aliphatic carbocycles. The number of hydrogen-bond acceptors (Lipinski definition) is 8. The molecule has 178 valence electrons. The lowest BCUT2D eigenvalue weighted by Gasteiger charge is -2.10. The van der Waals surface area contributed by atoms with Crippen LogP contribution in [0.2, 0.25) is 5.02 Å². The van der Waals surface area contributed by atoms with Crippen molar-refractivity contribution in [2.24, 2.45) is 0 Å². The molecule has 0 radical (unpaired) electrons. The number of carbonyl (C=O) groups is 2. The summed E-state index contributed by atoms with van der Waals surface area (Å²) in [4.78, 5) is 49.2. The molecule has 2 aromatic carbocycles. The molecule has 0 aliphatic rings. The molecule has 0 spiro atoms. The smallest absolute Gasteiger partial charge is 0.359 e. The van der Waals surface area contributed by atoms with Gasteiger partial charge in [0.05, 0.1) is 33.2 Å². The number of non-ortho nitro benzene ring substituents is 1. The van der Waals surface area contributed by atoms with Gasteiger partial charge < -0.3 is 10.1 Å². The average Bonchev–Trinajstić information content (AvgIpc) is 3.23. The Labute approximate surface area is 204 Å². The zero-order chi connectivity index (χ0) is 25.3. The first-order valence-electron chi connectivity index (χ1n) is 9.94. The van der Waals surface area contributed by atoms with Crippen LogP contribution in [0.15, 0.2) is 52.6 Å². The van der Waals surface area contributed by atoms with Crippen LogP contribution < -0.4 is 10.9 Å². The minimum Gasteiger partial charge on any atom is -0.461 e. The molecule has 0 atom stereocenters. The van der Waals surface area contributed by atoms with Crippen LogP contribution in [-0.4, -0.2) is 33.2 Å². The van der Waals surface area contributed by atoms with E-state index in [0.717, 1.165) is 34.2 Å². The number of nitrogens with zero attached hydrogens (tertiary/aromatic N) is 3. The van der Waals surface area contributed by atoms with Crippen molar-refractivity contribution in [1.82, 2.24) is 9.78 Å². The molecular formula is C22H14ClFN4O6S. The number of nitro groups is 1. The van der Waals surface area contributed by atoms with Gasteiger partial charge in [-0.3, -0.25) is 19.7 Å². The number of carbonyl (C=O) groups excluding carboxylic acids is 2. The number of aromatic nitrogens is 2. The maximum atomic E-state index is 13.8. The summed E-state index contributed by atoms with van der Waals surface area (Å²) in [6, 6.07) is 8.39. The van der Waals surface area contributed by atoms with Crippen molar-refractivity contribution in [3.05, 3.63) is 90.4 Å². The predicted octanol–water partition coefficient (Wildman–Crippen LogP) is 4.58. The van der Waals surface area contributed by atoms with Crippen LogP contribution in [0.4, 0.5) is 15.1 Å². The minimum absolute atomic E-state index is 0.0377. The third-order valence-corrected chi connectivity index (χ3v) is 6.03. The summed E-state index contributed by atoms with van der Waals surface area (Å²) in [6.45, 7) is 1.64. The van der Waals surface area contributed by atoms with Crippen LogP contribution in [0.25, 0.3) is 16.5 Å². The van der Waals surface area contributed by atoms with Crippen LogP contribution in [0.5, 0.6) is 0 Å². The number of thiophene rings is 1. The number of anilines is 1. The van der Waals surface area contributed by atoms with E-state index in [1.165, 1.54) is 29.6 Å². The number of esters is 1. The molecule has 0 bridgehead atoms. The van der Waals surface area contributed by atoms with Crippen LogP contribution in [0.3, 0.4) is 0 Å². The number of fused-ring (bicyclic) bond motifs is 1. The number of ether oxygens (including phenoxy) is 1. The number of hydrogen-bond donors (Lipinski definition) is 1. The van der Waals surface area contributed by atoms with Gasteiger partial charge in [-0.2, -0.15) is 9.78 Å². The summed E-state index contributed by atoms with van der Waals surface area (Å²) >= 11 is 6.98. The fraction of sp³-hybridized carbons (Fsp3) is 0.0909. The van der Waals surface area contributed by atoms with E-state index in [1.54, 1.807) is 6.92 Å². The predicted molar refractivity (Wildman–Crippen MR) is 127 cm³/mol. The van der Waals surface area contributed by atoms with Crippen molar-refractivity contribution in [2.75, 3.05) is 11.9 Å². The Balaban J connectivity index is 1.88. The lowest BCUT2D eigenvalue weighted by Crippen LogP contribution is -2.25. The van der Waals surface area contributed by atoms with E-state index in [2.05, 4.69) is 10.4 Å². The minimum atomic E-state index is -0.819. The first kappa shape index (κ1) is 24.0. The van der Waals surface area contributed by atoms with E-state index in [4.69, 9.17) is 16.3 Å².